The maximum absolute atomic E-state index is 12.0. The van der Waals surface area contributed by atoms with E-state index in [1.807, 2.05) is 19.9 Å². The predicted molar refractivity (Wildman–Crippen MR) is 103 cm³/mol. The van der Waals surface area contributed by atoms with Gasteiger partial charge in [0.1, 0.15) is 24.1 Å². The van der Waals surface area contributed by atoms with Gasteiger partial charge in [0.25, 0.3) is 5.91 Å². The first-order chi connectivity index (χ1) is 13.1. The number of nitrogens with zero attached hydrogens (tertiary/aromatic N) is 1. The van der Waals surface area contributed by atoms with E-state index in [1.165, 1.54) is 18.2 Å². The van der Waals surface area contributed by atoms with E-state index in [0.717, 1.165) is 0 Å². The van der Waals surface area contributed by atoms with Crippen molar-refractivity contribution in [3.8, 4) is 23.3 Å². The Kier molecular flexibility index (Phi) is 6.73. The van der Waals surface area contributed by atoms with Crippen LogP contribution in [0, 0.1) is 11.3 Å². The topological polar surface area (TPSA) is 120 Å². The summed E-state index contributed by atoms with van der Waals surface area (Å²) in [5, 5.41) is 30.2. The van der Waals surface area contributed by atoms with E-state index >= 15 is 0 Å². The van der Waals surface area contributed by atoms with Crippen molar-refractivity contribution in [3.05, 3.63) is 51.0 Å². The third kappa shape index (κ3) is 4.85. The largest absolute Gasteiger partial charge is 0.506 e. The maximum atomic E-state index is 12.0. The molecule has 2 aromatic rings. The van der Waals surface area contributed by atoms with Crippen LogP contribution in [0.5, 0.6) is 17.2 Å². The molecule has 9 heteroatoms. The molecule has 7 nitrogen and oxygen atoms in total. The smallest absolute Gasteiger partial charge is 0.322 e. The van der Waals surface area contributed by atoms with Crippen LogP contribution in [0.4, 0.5) is 0 Å². The number of phenols is 1. The molecule has 0 saturated carbocycles. The molecular formula is C19H16Cl2N2O5. The van der Waals surface area contributed by atoms with Gasteiger partial charge in [-0.15, -0.1) is 0 Å². The van der Waals surface area contributed by atoms with Gasteiger partial charge in [0, 0.05) is 17.2 Å². The summed E-state index contributed by atoms with van der Waals surface area (Å²) < 4.78 is 5.71. The molecule has 146 valence electrons. The highest BCUT2D eigenvalue weighted by atomic mass is 35.5. The standard InChI is InChI=1S/C19H16Cl2N2O5/c1-9(2)13-6-12(3-11(7-22)17(13)26)28-18-14(20)4-10(5-15(18)21)19(27)23-8-16(24)25/h3-6,9,26H,8H2,1-2H3,(H,23,27)(H,24,25). The highest BCUT2D eigenvalue weighted by Gasteiger charge is 2.18. The number of amides is 1. The molecule has 1 amide bonds. The second-order valence-electron chi connectivity index (χ2n) is 6.12. The van der Waals surface area contributed by atoms with Crippen molar-refractivity contribution in [2.45, 2.75) is 19.8 Å². The second-order valence-corrected chi connectivity index (χ2v) is 6.94. The molecule has 0 aliphatic carbocycles. The second kappa shape index (κ2) is 8.83. The molecule has 3 N–H and O–H groups in total. The lowest BCUT2D eigenvalue weighted by molar-refractivity contribution is -0.135. The number of aromatic hydroxyl groups is 1. The first-order valence-electron chi connectivity index (χ1n) is 8.08. The van der Waals surface area contributed by atoms with Gasteiger partial charge in [-0.25, -0.2) is 0 Å². The van der Waals surface area contributed by atoms with Crippen LogP contribution in [0.1, 0.15) is 41.3 Å². The molecule has 0 aromatic heterocycles. The number of carboxylic acid groups (broad SMARTS) is 1. The summed E-state index contributed by atoms with van der Waals surface area (Å²) in [6.45, 7) is 3.16. The third-order valence-corrected chi connectivity index (χ3v) is 4.30. The van der Waals surface area contributed by atoms with E-state index in [1.54, 1.807) is 6.07 Å². The zero-order valence-electron chi connectivity index (χ0n) is 14.9. The number of carboxylic acids is 1. The van der Waals surface area contributed by atoms with Gasteiger partial charge in [-0.1, -0.05) is 37.0 Å². The zero-order chi connectivity index (χ0) is 21.0. The predicted octanol–water partition coefficient (Wildman–Crippen LogP) is 4.30. The van der Waals surface area contributed by atoms with Crippen molar-refractivity contribution in [3.63, 3.8) is 0 Å². The van der Waals surface area contributed by atoms with Gasteiger partial charge < -0.3 is 20.3 Å². The van der Waals surface area contributed by atoms with Crippen LogP contribution in [0.3, 0.4) is 0 Å². The molecule has 2 aromatic carbocycles. The minimum atomic E-state index is -1.19. The van der Waals surface area contributed by atoms with Gasteiger partial charge in [0.2, 0.25) is 0 Å². The SMILES string of the molecule is CC(C)c1cc(Oc2c(Cl)cc(C(=O)NCC(=O)O)cc2Cl)cc(C#N)c1O. The van der Waals surface area contributed by atoms with Crippen molar-refractivity contribution >= 4 is 35.1 Å². The molecule has 28 heavy (non-hydrogen) atoms. The average molecular weight is 423 g/mol. The van der Waals surface area contributed by atoms with E-state index in [2.05, 4.69) is 5.32 Å². The number of phenolic OH excluding ortho intramolecular Hbond substituents is 1. The maximum Gasteiger partial charge on any atom is 0.322 e. The fourth-order valence-electron chi connectivity index (χ4n) is 2.38. The molecule has 0 aliphatic heterocycles. The quantitative estimate of drug-likeness (QED) is 0.637. The summed E-state index contributed by atoms with van der Waals surface area (Å²) in [6.07, 6.45) is 0. The highest BCUT2D eigenvalue weighted by molar-refractivity contribution is 6.37. The van der Waals surface area contributed by atoms with Crippen molar-refractivity contribution in [2.75, 3.05) is 6.54 Å². The minimum Gasteiger partial charge on any atom is -0.506 e. The normalized spacial score (nSPS) is 10.4. The summed E-state index contributed by atoms with van der Waals surface area (Å²) >= 11 is 12.4. The molecule has 0 radical (unpaired) electrons. The molecular weight excluding hydrogens is 407 g/mol. The van der Waals surface area contributed by atoms with Crippen LogP contribution in [0.15, 0.2) is 24.3 Å². The Morgan fingerprint density at radius 3 is 2.32 bits per heavy atom. The van der Waals surface area contributed by atoms with Crippen LogP contribution in [0.25, 0.3) is 0 Å². The molecule has 0 spiro atoms. The highest BCUT2D eigenvalue weighted by Crippen LogP contribution is 2.40. The van der Waals surface area contributed by atoms with Crippen molar-refractivity contribution in [2.24, 2.45) is 0 Å². The van der Waals surface area contributed by atoms with Crippen LogP contribution in [-0.2, 0) is 4.79 Å². The minimum absolute atomic E-state index is 0.0191. The van der Waals surface area contributed by atoms with E-state index in [0.29, 0.717) is 5.56 Å². The first kappa shape index (κ1) is 21.4. The van der Waals surface area contributed by atoms with Crippen LogP contribution in [-0.4, -0.2) is 28.6 Å². The monoisotopic (exact) mass is 422 g/mol. The number of nitrogens with one attached hydrogen (secondary N) is 1. The number of halogens is 2. The number of carbonyl (C=O) groups is 2. The van der Waals surface area contributed by atoms with Gasteiger partial charge in [0.05, 0.1) is 15.6 Å². The summed E-state index contributed by atoms with van der Waals surface area (Å²) in [5.41, 5.74) is 0.624. The van der Waals surface area contributed by atoms with E-state index in [-0.39, 0.29) is 44.3 Å². The molecule has 0 unspecified atom stereocenters. The Bertz CT molecular complexity index is 960. The molecule has 2 rings (SSSR count). The fourth-order valence-corrected chi connectivity index (χ4v) is 2.94. The third-order valence-electron chi connectivity index (χ3n) is 3.74. The molecule has 0 heterocycles. The molecule has 0 fully saturated rings. The van der Waals surface area contributed by atoms with Gasteiger partial charge in [-0.05, 0) is 24.1 Å². The summed E-state index contributed by atoms with van der Waals surface area (Å²) in [7, 11) is 0. The van der Waals surface area contributed by atoms with Crippen molar-refractivity contribution in [1.82, 2.24) is 5.32 Å². The lowest BCUT2D eigenvalue weighted by Crippen LogP contribution is -2.29. The van der Waals surface area contributed by atoms with Crippen LogP contribution < -0.4 is 10.1 Å². The summed E-state index contributed by atoms with van der Waals surface area (Å²) in [4.78, 5) is 22.5. The zero-order valence-corrected chi connectivity index (χ0v) is 16.4. The van der Waals surface area contributed by atoms with Gasteiger partial charge >= 0.3 is 5.97 Å². The molecule has 0 bridgehead atoms. The number of hydrogen-bond acceptors (Lipinski definition) is 5. The van der Waals surface area contributed by atoms with Gasteiger partial charge in [-0.3, -0.25) is 9.59 Å². The average Bonchev–Trinajstić information content (AvgIpc) is 2.63. The number of carbonyl (C=O) groups excluding carboxylic acids is 1. The van der Waals surface area contributed by atoms with E-state index in [9.17, 15) is 20.0 Å². The molecule has 0 saturated heterocycles. The van der Waals surface area contributed by atoms with E-state index in [4.69, 9.17) is 33.0 Å². The fraction of sp³-hybridized carbons (Fsp3) is 0.211. The van der Waals surface area contributed by atoms with Gasteiger partial charge in [0.15, 0.2) is 5.75 Å². The Balaban J connectivity index is 2.37. The number of aliphatic carboxylic acids is 1. The number of ether oxygens (including phenoxy) is 1. The number of benzene rings is 2. The van der Waals surface area contributed by atoms with Crippen molar-refractivity contribution in [1.29, 1.82) is 5.26 Å². The van der Waals surface area contributed by atoms with Crippen LogP contribution in [0.2, 0.25) is 10.0 Å². The molecule has 0 aliphatic rings. The lowest BCUT2D eigenvalue weighted by Gasteiger charge is -2.15. The Morgan fingerprint density at radius 1 is 1.21 bits per heavy atom. The van der Waals surface area contributed by atoms with Crippen LogP contribution >= 0.6 is 23.2 Å². The number of rotatable bonds is 6. The number of nitriles is 1. The summed E-state index contributed by atoms with van der Waals surface area (Å²) in [5.74, 6) is -1.73. The Morgan fingerprint density at radius 2 is 1.82 bits per heavy atom. The summed E-state index contributed by atoms with van der Waals surface area (Å²) in [6, 6.07) is 7.39. The lowest BCUT2D eigenvalue weighted by atomic mass is 9.99. The van der Waals surface area contributed by atoms with Gasteiger partial charge in [-0.2, -0.15) is 5.26 Å². The number of hydrogen-bond donors (Lipinski definition) is 3. The Hall–Kier alpha value is -2.95. The van der Waals surface area contributed by atoms with E-state index < -0.39 is 18.4 Å². The molecule has 0 atom stereocenters. The first-order valence-corrected chi connectivity index (χ1v) is 8.83. The Labute approximate surface area is 171 Å². The van der Waals surface area contributed by atoms with Crippen molar-refractivity contribution < 1.29 is 24.5 Å².